The predicted octanol–water partition coefficient (Wildman–Crippen LogP) is 3.32. The van der Waals surface area contributed by atoms with E-state index in [9.17, 15) is 0 Å². The lowest BCUT2D eigenvalue weighted by Gasteiger charge is -2.09. The van der Waals surface area contributed by atoms with Crippen LogP contribution in [0.25, 0.3) is 0 Å². The van der Waals surface area contributed by atoms with Gasteiger partial charge in [-0.05, 0) is 25.0 Å². The van der Waals surface area contributed by atoms with E-state index in [0.29, 0.717) is 16.5 Å². The van der Waals surface area contributed by atoms with Gasteiger partial charge in [0.15, 0.2) is 0 Å². The SMILES string of the molecule is NC(CCCCNc1c(Cl)cccc1Cl)=NO. The second-order valence-corrected chi connectivity index (χ2v) is 4.39. The fraction of sp³-hybridized carbons (Fsp3) is 0.364. The zero-order valence-electron chi connectivity index (χ0n) is 9.29. The summed E-state index contributed by atoms with van der Waals surface area (Å²) >= 11 is 12.0. The Kier molecular flexibility index (Phi) is 5.94. The van der Waals surface area contributed by atoms with Crippen LogP contribution < -0.4 is 11.1 Å². The van der Waals surface area contributed by atoms with E-state index < -0.39 is 0 Å². The van der Waals surface area contributed by atoms with Gasteiger partial charge in [0.1, 0.15) is 5.84 Å². The van der Waals surface area contributed by atoms with Crippen LogP contribution in [0.5, 0.6) is 0 Å². The summed E-state index contributed by atoms with van der Waals surface area (Å²) in [6.07, 6.45) is 2.30. The lowest BCUT2D eigenvalue weighted by molar-refractivity contribution is 0.316. The first kappa shape index (κ1) is 13.9. The Balaban J connectivity index is 2.32. The number of nitrogens with zero attached hydrogens (tertiary/aromatic N) is 1. The highest BCUT2D eigenvalue weighted by molar-refractivity contribution is 6.39. The molecule has 4 nitrogen and oxygen atoms in total. The number of amidine groups is 1. The molecule has 6 heteroatoms. The zero-order valence-corrected chi connectivity index (χ0v) is 10.8. The molecule has 0 atom stereocenters. The molecule has 0 aliphatic rings. The first-order chi connectivity index (χ1) is 8.15. The van der Waals surface area contributed by atoms with E-state index >= 15 is 0 Å². The highest BCUT2D eigenvalue weighted by Crippen LogP contribution is 2.29. The number of nitrogens with two attached hydrogens (primary N) is 1. The van der Waals surface area contributed by atoms with Crippen molar-refractivity contribution in [3.8, 4) is 0 Å². The van der Waals surface area contributed by atoms with Gasteiger partial charge >= 0.3 is 0 Å². The summed E-state index contributed by atoms with van der Waals surface area (Å²) < 4.78 is 0. The van der Waals surface area contributed by atoms with Gasteiger partial charge in [-0.1, -0.05) is 34.4 Å². The molecule has 0 amide bonds. The maximum atomic E-state index is 8.35. The van der Waals surface area contributed by atoms with Crippen LogP contribution >= 0.6 is 23.2 Å². The van der Waals surface area contributed by atoms with Crippen molar-refractivity contribution in [2.24, 2.45) is 10.9 Å². The van der Waals surface area contributed by atoms with E-state index in [0.717, 1.165) is 25.1 Å². The minimum absolute atomic E-state index is 0.251. The fourth-order valence-electron chi connectivity index (χ4n) is 1.36. The number of anilines is 1. The van der Waals surface area contributed by atoms with E-state index in [-0.39, 0.29) is 5.84 Å². The number of rotatable bonds is 6. The maximum Gasteiger partial charge on any atom is 0.139 e. The molecule has 0 saturated carbocycles. The smallest absolute Gasteiger partial charge is 0.139 e. The molecule has 0 spiro atoms. The Morgan fingerprint density at radius 3 is 2.53 bits per heavy atom. The molecule has 17 heavy (non-hydrogen) atoms. The molecule has 4 N–H and O–H groups in total. The Morgan fingerprint density at radius 1 is 1.29 bits per heavy atom. The molecule has 1 aromatic carbocycles. The van der Waals surface area contributed by atoms with Crippen LogP contribution in [0.1, 0.15) is 19.3 Å². The third-order valence-electron chi connectivity index (χ3n) is 2.25. The maximum absolute atomic E-state index is 8.35. The van der Waals surface area contributed by atoms with Crippen LogP contribution in [-0.4, -0.2) is 17.6 Å². The van der Waals surface area contributed by atoms with Crippen LogP contribution in [0.3, 0.4) is 0 Å². The lowest BCUT2D eigenvalue weighted by Crippen LogP contribution is -2.12. The topological polar surface area (TPSA) is 70.6 Å². The third-order valence-corrected chi connectivity index (χ3v) is 2.88. The summed E-state index contributed by atoms with van der Waals surface area (Å²) in [6, 6.07) is 5.37. The third kappa shape index (κ3) is 4.71. The van der Waals surface area contributed by atoms with Crippen molar-refractivity contribution in [1.82, 2.24) is 0 Å². The Hall–Kier alpha value is -1.13. The predicted molar refractivity (Wildman–Crippen MR) is 72.2 cm³/mol. The largest absolute Gasteiger partial charge is 0.409 e. The van der Waals surface area contributed by atoms with Crippen LogP contribution in [0, 0.1) is 0 Å². The Morgan fingerprint density at radius 2 is 1.94 bits per heavy atom. The monoisotopic (exact) mass is 275 g/mol. The number of halogens is 2. The molecule has 0 fully saturated rings. The molecule has 94 valence electrons. The highest BCUT2D eigenvalue weighted by Gasteiger charge is 2.03. The summed E-state index contributed by atoms with van der Waals surface area (Å²) in [5.74, 6) is 0.251. The van der Waals surface area contributed by atoms with Gasteiger partial charge in [-0.3, -0.25) is 0 Å². The van der Waals surface area contributed by atoms with Gasteiger partial charge in [0, 0.05) is 13.0 Å². The Labute approximate surface area is 110 Å². The van der Waals surface area contributed by atoms with E-state index in [1.54, 1.807) is 18.2 Å². The van der Waals surface area contributed by atoms with Gasteiger partial charge in [0.05, 0.1) is 15.7 Å². The summed E-state index contributed by atoms with van der Waals surface area (Å²) in [7, 11) is 0. The number of nitrogens with one attached hydrogen (secondary N) is 1. The fourth-order valence-corrected chi connectivity index (χ4v) is 1.89. The summed E-state index contributed by atoms with van der Waals surface area (Å²) in [5.41, 5.74) is 6.10. The standard InChI is InChI=1S/C11H15Cl2N3O/c12-8-4-3-5-9(13)11(8)15-7-2-1-6-10(14)16-17/h3-5,15,17H,1-2,6-7H2,(H2,14,16). The molecule has 1 rings (SSSR count). The van der Waals surface area contributed by atoms with E-state index in [2.05, 4.69) is 10.5 Å². The average molecular weight is 276 g/mol. The van der Waals surface area contributed by atoms with Crippen molar-refractivity contribution in [2.75, 3.05) is 11.9 Å². The molecule has 0 saturated heterocycles. The molecular weight excluding hydrogens is 261 g/mol. The molecule has 0 aromatic heterocycles. The quantitative estimate of drug-likeness (QED) is 0.245. The minimum atomic E-state index is 0.251. The number of benzene rings is 1. The van der Waals surface area contributed by atoms with Crippen molar-refractivity contribution in [3.63, 3.8) is 0 Å². The lowest BCUT2D eigenvalue weighted by atomic mass is 10.2. The first-order valence-corrected chi connectivity index (χ1v) is 6.05. The first-order valence-electron chi connectivity index (χ1n) is 5.29. The molecular formula is C11H15Cl2N3O. The summed E-state index contributed by atoms with van der Waals surface area (Å²) in [5, 5.41) is 15.6. The van der Waals surface area contributed by atoms with Crippen LogP contribution in [0.2, 0.25) is 10.0 Å². The number of unbranched alkanes of at least 4 members (excludes halogenated alkanes) is 1. The van der Waals surface area contributed by atoms with E-state index in [1.165, 1.54) is 0 Å². The number of hydrogen-bond acceptors (Lipinski definition) is 3. The van der Waals surface area contributed by atoms with Crippen LogP contribution in [0.4, 0.5) is 5.69 Å². The van der Waals surface area contributed by atoms with Crippen molar-refractivity contribution in [3.05, 3.63) is 28.2 Å². The molecule has 0 heterocycles. The van der Waals surface area contributed by atoms with Gasteiger partial charge < -0.3 is 16.3 Å². The van der Waals surface area contributed by atoms with Crippen molar-refractivity contribution < 1.29 is 5.21 Å². The van der Waals surface area contributed by atoms with E-state index in [4.69, 9.17) is 34.1 Å². The summed E-state index contributed by atoms with van der Waals surface area (Å²) in [6.45, 7) is 0.738. The molecule has 0 radical (unpaired) electrons. The van der Waals surface area contributed by atoms with Crippen LogP contribution in [0.15, 0.2) is 23.4 Å². The minimum Gasteiger partial charge on any atom is -0.409 e. The van der Waals surface area contributed by atoms with Gasteiger partial charge in [0.2, 0.25) is 0 Å². The molecule has 0 aliphatic heterocycles. The van der Waals surface area contributed by atoms with Crippen molar-refractivity contribution in [1.29, 1.82) is 0 Å². The van der Waals surface area contributed by atoms with Crippen LogP contribution in [-0.2, 0) is 0 Å². The number of hydrogen-bond donors (Lipinski definition) is 3. The highest BCUT2D eigenvalue weighted by atomic mass is 35.5. The summed E-state index contributed by atoms with van der Waals surface area (Å²) in [4.78, 5) is 0. The second kappa shape index (κ2) is 7.25. The molecule has 0 bridgehead atoms. The second-order valence-electron chi connectivity index (χ2n) is 3.57. The van der Waals surface area contributed by atoms with E-state index in [1.807, 2.05) is 0 Å². The van der Waals surface area contributed by atoms with Crippen molar-refractivity contribution in [2.45, 2.75) is 19.3 Å². The Bertz CT molecular complexity index is 376. The molecule has 1 aromatic rings. The number of oxime groups is 1. The number of para-hydroxylation sites is 1. The molecule has 0 unspecified atom stereocenters. The van der Waals surface area contributed by atoms with Gasteiger partial charge in [0.25, 0.3) is 0 Å². The van der Waals surface area contributed by atoms with Gasteiger partial charge in [-0.15, -0.1) is 0 Å². The zero-order chi connectivity index (χ0) is 12.7. The van der Waals surface area contributed by atoms with Crippen molar-refractivity contribution >= 4 is 34.7 Å². The average Bonchev–Trinajstić information content (AvgIpc) is 2.31. The normalized spacial score (nSPS) is 11.5. The van der Waals surface area contributed by atoms with Gasteiger partial charge in [-0.2, -0.15) is 0 Å². The molecule has 0 aliphatic carbocycles. The van der Waals surface area contributed by atoms with Gasteiger partial charge in [-0.25, -0.2) is 0 Å².